The number of benzene rings is 4. The molecule has 0 aromatic heterocycles. The van der Waals surface area contributed by atoms with Crippen molar-refractivity contribution in [3.05, 3.63) is 124 Å². The summed E-state index contributed by atoms with van der Waals surface area (Å²) in [6, 6.07) is 30.4. The van der Waals surface area contributed by atoms with Crippen molar-refractivity contribution >= 4 is 23.4 Å². The van der Waals surface area contributed by atoms with E-state index < -0.39 is 0 Å². The second kappa shape index (κ2) is 14.9. The topological polar surface area (TPSA) is 120 Å². The van der Waals surface area contributed by atoms with Gasteiger partial charge in [-0.25, -0.2) is 0 Å². The quantitative estimate of drug-likeness (QED) is 0.201. The average Bonchev–Trinajstić information content (AvgIpc) is 3.93. The molecule has 4 saturated heterocycles. The van der Waals surface area contributed by atoms with Crippen molar-refractivity contribution in [3.8, 4) is 11.5 Å². The predicted octanol–water partition coefficient (Wildman–Crippen LogP) is 6.33. The number of carbonyl (C=O) groups is 3. The van der Waals surface area contributed by atoms with Crippen LogP contribution >= 0.6 is 0 Å². The Morgan fingerprint density at radius 1 is 0.828 bits per heavy atom. The normalized spacial score (nSPS) is 25.1. The number of ether oxygens (including phenoxy) is 2. The largest absolute Gasteiger partial charge is 0.508 e. The molecule has 11 rings (SSSR count). The minimum absolute atomic E-state index is 0.0207. The third kappa shape index (κ3) is 6.94. The zero-order chi connectivity index (χ0) is 39.4. The number of carbonyl (C=O) groups excluding carboxylic acids is 3. The molecular formula is C48H52N4O6. The van der Waals surface area contributed by atoms with Gasteiger partial charge in [-0.2, -0.15) is 0 Å². The molecule has 0 saturated carbocycles. The molecule has 10 heteroatoms. The Morgan fingerprint density at radius 3 is 2.34 bits per heavy atom. The number of likely N-dealkylation sites (tertiary alicyclic amines) is 1. The van der Waals surface area contributed by atoms with Crippen LogP contribution in [0.3, 0.4) is 0 Å². The van der Waals surface area contributed by atoms with Crippen molar-refractivity contribution in [2.24, 2.45) is 5.92 Å². The van der Waals surface area contributed by atoms with Gasteiger partial charge in [0.05, 0.1) is 13.2 Å². The van der Waals surface area contributed by atoms with E-state index in [-0.39, 0.29) is 34.7 Å². The zero-order valence-corrected chi connectivity index (χ0v) is 33.0. The Bertz CT molecular complexity index is 2210. The summed E-state index contributed by atoms with van der Waals surface area (Å²) in [5.74, 6) is 2.27. The summed E-state index contributed by atoms with van der Waals surface area (Å²) in [5.41, 5.74) is 9.89. The van der Waals surface area contributed by atoms with Gasteiger partial charge in [0.2, 0.25) is 11.8 Å². The molecule has 6 heterocycles. The highest BCUT2D eigenvalue weighted by Crippen LogP contribution is 2.49. The van der Waals surface area contributed by atoms with Crippen molar-refractivity contribution in [2.75, 3.05) is 50.8 Å². The predicted molar refractivity (Wildman–Crippen MR) is 220 cm³/mol. The first kappa shape index (κ1) is 37.1. The number of fused-ring (bicyclic) bond motifs is 4. The molecule has 6 aliphatic heterocycles. The molecule has 4 aromatic rings. The van der Waals surface area contributed by atoms with Crippen molar-refractivity contribution in [2.45, 2.75) is 80.8 Å². The molecule has 2 spiro atoms. The van der Waals surface area contributed by atoms with E-state index in [2.05, 4.69) is 87.2 Å². The fourth-order valence-corrected chi connectivity index (χ4v) is 11.0. The number of aromatic hydroxyl groups is 1. The lowest BCUT2D eigenvalue weighted by Crippen LogP contribution is -2.61. The van der Waals surface area contributed by atoms with Crippen LogP contribution in [0.5, 0.6) is 11.5 Å². The number of piperidine rings is 2. The minimum Gasteiger partial charge on any atom is -0.508 e. The number of amides is 3. The molecule has 3 amide bonds. The summed E-state index contributed by atoms with van der Waals surface area (Å²) < 4.78 is 12.7. The first-order valence-electron chi connectivity index (χ1n) is 21.2. The summed E-state index contributed by atoms with van der Waals surface area (Å²) in [6.45, 7) is 7.40. The summed E-state index contributed by atoms with van der Waals surface area (Å²) in [7, 11) is 0. The number of hydrogen-bond acceptors (Lipinski definition) is 8. The van der Waals surface area contributed by atoms with Crippen LogP contribution in [0.15, 0.2) is 84.9 Å². The van der Waals surface area contributed by atoms with E-state index in [1.807, 2.05) is 18.2 Å². The summed E-state index contributed by atoms with van der Waals surface area (Å²) in [4.78, 5) is 38.0. The maximum absolute atomic E-state index is 12.2. The van der Waals surface area contributed by atoms with Gasteiger partial charge in [0.15, 0.2) is 0 Å². The van der Waals surface area contributed by atoms with Gasteiger partial charge in [-0.05, 0) is 128 Å². The van der Waals surface area contributed by atoms with Gasteiger partial charge in [0, 0.05) is 67.2 Å². The highest BCUT2D eigenvalue weighted by Gasteiger charge is 2.51. The molecule has 7 aliphatic rings. The van der Waals surface area contributed by atoms with Crippen LogP contribution in [-0.2, 0) is 32.7 Å². The number of phenolic OH excluding ortho intramolecular Hbond substituents is 1. The molecule has 0 bridgehead atoms. The Kier molecular flexibility index (Phi) is 9.52. The highest BCUT2D eigenvalue weighted by atomic mass is 16.5. The van der Waals surface area contributed by atoms with E-state index in [0.29, 0.717) is 43.4 Å². The maximum Gasteiger partial charge on any atom is 0.252 e. The van der Waals surface area contributed by atoms with Crippen molar-refractivity contribution < 1.29 is 29.0 Å². The lowest BCUT2D eigenvalue weighted by Gasteiger charge is -2.49. The lowest BCUT2D eigenvalue weighted by molar-refractivity contribution is -0.132. The van der Waals surface area contributed by atoms with Gasteiger partial charge in [0.1, 0.15) is 17.1 Å². The fraction of sp³-hybridized carbons (Fsp3) is 0.438. The lowest BCUT2D eigenvalue weighted by atomic mass is 9.69. The molecule has 58 heavy (non-hydrogen) atoms. The van der Waals surface area contributed by atoms with Crippen LogP contribution in [0, 0.1) is 5.92 Å². The minimum atomic E-state index is -0.138. The number of nitrogens with one attached hydrogen (secondary N) is 2. The van der Waals surface area contributed by atoms with Crippen LogP contribution in [0.2, 0.25) is 0 Å². The molecule has 4 fully saturated rings. The standard InChI is InChI=1S/C43H45N3O4.C5H7NO2/c47-34-11-13-36-31(18-34)8-12-35(29-4-2-1-3-5-29)40(36)30-6-9-33(10-7-30)46-25-43(26-46)21-28(24-50-43)23-45-16-14-42(15-17-45)27-49-39-20-37-32(19-38(39)42)22-44-41(37)48;7-4-2-1-3-5(8)6-4/h1-7,9-11,13,18-20,28,35,40,47H,8,12,14-17,21-27H2,(H,44,48);1-3H2,(H,6,7,8). The Morgan fingerprint density at radius 2 is 1.60 bits per heavy atom. The van der Waals surface area contributed by atoms with E-state index in [9.17, 15) is 19.5 Å². The third-order valence-corrected chi connectivity index (χ3v) is 14.1. The Balaban J connectivity index is 0.000000459. The molecule has 3 atom stereocenters. The smallest absolute Gasteiger partial charge is 0.252 e. The van der Waals surface area contributed by atoms with Gasteiger partial charge in [-0.3, -0.25) is 19.7 Å². The summed E-state index contributed by atoms with van der Waals surface area (Å²) in [6.07, 6.45) is 7.12. The first-order chi connectivity index (χ1) is 28.2. The summed E-state index contributed by atoms with van der Waals surface area (Å²) >= 11 is 0. The third-order valence-electron chi connectivity index (χ3n) is 14.1. The first-order valence-corrected chi connectivity index (χ1v) is 21.2. The molecule has 3 N–H and O–H groups in total. The van der Waals surface area contributed by atoms with Gasteiger partial charge in [-0.15, -0.1) is 0 Å². The summed E-state index contributed by atoms with van der Waals surface area (Å²) in [5, 5.41) is 15.4. The van der Waals surface area contributed by atoms with Crippen LogP contribution in [0.25, 0.3) is 0 Å². The van der Waals surface area contributed by atoms with Gasteiger partial charge in [0.25, 0.3) is 5.91 Å². The Hall–Kier alpha value is -5.19. The SMILES string of the molecule is O=C1CCCC(=O)N1.O=C1NCc2cc3c(cc21)OCC31CCN(CC2COC3(C2)CN(c2ccc(C4c5ccc(O)cc5CCC4c4ccccc4)cc2)C3)CC1. The highest BCUT2D eigenvalue weighted by molar-refractivity contribution is 5.99. The molecule has 3 unspecified atom stereocenters. The number of hydrogen-bond donors (Lipinski definition) is 3. The number of rotatable bonds is 5. The maximum atomic E-state index is 12.2. The van der Waals surface area contributed by atoms with Crippen LogP contribution in [-0.4, -0.2) is 79.3 Å². The number of phenols is 1. The van der Waals surface area contributed by atoms with Crippen molar-refractivity contribution in [1.82, 2.24) is 15.5 Å². The molecule has 0 radical (unpaired) electrons. The molecule has 4 aromatic carbocycles. The fourth-order valence-electron chi connectivity index (χ4n) is 11.0. The second-order valence-electron chi connectivity index (χ2n) is 17.8. The van der Waals surface area contributed by atoms with Gasteiger partial charge < -0.3 is 29.7 Å². The average molecular weight is 781 g/mol. The van der Waals surface area contributed by atoms with Crippen LogP contribution in [0.4, 0.5) is 5.69 Å². The van der Waals surface area contributed by atoms with Crippen LogP contribution < -0.4 is 20.3 Å². The van der Waals surface area contributed by atoms with Gasteiger partial charge in [-0.1, -0.05) is 48.5 Å². The molecule has 1 aliphatic carbocycles. The zero-order valence-electron chi connectivity index (χ0n) is 33.0. The van der Waals surface area contributed by atoms with Crippen LogP contribution in [0.1, 0.15) is 101 Å². The van der Waals surface area contributed by atoms with Crippen molar-refractivity contribution in [3.63, 3.8) is 0 Å². The molecule has 300 valence electrons. The molecule has 10 nitrogen and oxygen atoms in total. The van der Waals surface area contributed by atoms with E-state index in [1.54, 1.807) is 0 Å². The van der Waals surface area contributed by atoms with E-state index in [1.165, 1.54) is 33.5 Å². The monoisotopic (exact) mass is 780 g/mol. The van der Waals surface area contributed by atoms with E-state index in [0.717, 1.165) is 94.9 Å². The van der Waals surface area contributed by atoms with Gasteiger partial charge >= 0.3 is 0 Å². The molecular weight excluding hydrogens is 729 g/mol. The van der Waals surface area contributed by atoms with E-state index in [4.69, 9.17) is 9.47 Å². The second-order valence-corrected chi connectivity index (χ2v) is 17.8. The number of imide groups is 1. The number of aryl methyl sites for hydroxylation is 1. The Labute approximate surface area is 339 Å². The number of nitrogens with zero attached hydrogens (tertiary/aromatic N) is 2. The van der Waals surface area contributed by atoms with E-state index >= 15 is 0 Å². The number of anilines is 1. The van der Waals surface area contributed by atoms with Crippen molar-refractivity contribution in [1.29, 1.82) is 0 Å².